The first-order chi connectivity index (χ1) is 9.93. The quantitative estimate of drug-likeness (QED) is 0.795. The van der Waals surface area contributed by atoms with Crippen molar-refractivity contribution in [2.75, 3.05) is 6.61 Å². The number of carbonyl (C=O) groups excluding carboxylic acids is 1. The van der Waals surface area contributed by atoms with Crippen LogP contribution in [-0.4, -0.2) is 37.5 Å². The van der Waals surface area contributed by atoms with Crippen LogP contribution in [0.4, 0.5) is 0 Å². The summed E-state index contributed by atoms with van der Waals surface area (Å²) in [6, 6.07) is 0. The van der Waals surface area contributed by atoms with Crippen LogP contribution in [0, 0.1) is 0 Å². The van der Waals surface area contributed by atoms with Gasteiger partial charge in [-0.05, 0) is 6.92 Å². The highest BCUT2D eigenvalue weighted by atomic mass is 16.5. The van der Waals surface area contributed by atoms with Crippen LogP contribution >= 0.6 is 0 Å². The summed E-state index contributed by atoms with van der Waals surface area (Å²) in [6.45, 7) is 8.48. The average Bonchev–Trinajstić information content (AvgIpc) is 2.84. The minimum Gasteiger partial charge on any atom is -0.461 e. The molecule has 2 heterocycles. The molecule has 21 heavy (non-hydrogen) atoms. The fourth-order valence-corrected chi connectivity index (χ4v) is 2.07. The number of rotatable bonds is 4. The standard InChI is InChI=1S/C14H19N5O2/c1-5-21-13(20)11-12(14(2,3)4)19(18-17-11)9-10-8-15-6-7-16-10/h6-8H,5,9H2,1-4H3. The first-order valence-corrected chi connectivity index (χ1v) is 6.79. The van der Waals surface area contributed by atoms with E-state index in [4.69, 9.17) is 4.74 Å². The highest BCUT2D eigenvalue weighted by Crippen LogP contribution is 2.25. The molecular weight excluding hydrogens is 270 g/mol. The van der Waals surface area contributed by atoms with Gasteiger partial charge in [0.2, 0.25) is 0 Å². The highest BCUT2D eigenvalue weighted by molar-refractivity contribution is 5.88. The van der Waals surface area contributed by atoms with E-state index < -0.39 is 5.97 Å². The largest absolute Gasteiger partial charge is 0.461 e. The Hall–Kier alpha value is -2.31. The number of hydrogen-bond donors (Lipinski definition) is 0. The molecule has 2 aromatic rings. The van der Waals surface area contributed by atoms with Crippen molar-refractivity contribution in [2.24, 2.45) is 0 Å². The Morgan fingerprint density at radius 3 is 2.67 bits per heavy atom. The van der Waals surface area contributed by atoms with Crippen LogP contribution in [0.1, 0.15) is 49.6 Å². The van der Waals surface area contributed by atoms with Gasteiger partial charge >= 0.3 is 5.97 Å². The second-order valence-electron chi connectivity index (χ2n) is 5.61. The lowest BCUT2D eigenvalue weighted by Gasteiger charge is -2.20. The number of nitrogens with zero attached hydrogens (tertiary/aromatic N) is 5. The maximum Gasteiger partial charge on any atom is 0.360 e. The molecule has 112 valence electrons. The molecule has 0 saturated carbocycles. The SMILES string of the molecule is CCOC(=O)c1nnn(Cc2cnccn2)c1C(C)(C)C. The zero-order valence-corrected chi connectivity index (χ0v) is 12.7. The van der Waals surface area contributed by atoms with Crippen molar-refractivity contribution in [3.63, 3.8) is 0 Å². The van der Waals surface area contributed by atoms with Gasteiger partial charge in [-0.3, -0.25) is 9.97 Å². The van der Waals surface area contributed by atoms with Crippen molar-refractivity contribution >= 4 is 5.97 Å². The summed E-state index contributed by atoms with van der Waals surface area (Å²) in [6.07, 6.45) is 4.90. The Bertz CT molecular complexity index is 616. The van der Waals surface area contributed by atoms with E-state index in [1.165, 1.54) is 0 Å². The number of ether oxygens (including phenoxy) is 1. The van der Waals surface area contributed by atoms with E-state index in [9.17, 15) is 4.79 Å². The van der Waals surface area contributed by atoms with Gasteiger partial charge in [-0.15, -0.1) is 5.10 Å². The molecule has 0 radical (unpaired) electrons. The van der Waals surface area contributed by atoms with Crippen LogP contribution in [0.15, 0.2) is 18.6 Å². The minimum absolute atomic E-state index is 0.258. The molecule has 0 unspecified atom stereocenters. The van der Waals surface area contributed by atoms with Crippen LogP contribution in [-0.2, 0) is 16.7 Å². The smallest absolute Gasteiger partial charge is 0.360 e. The summed E-state index contributed by atoms with van der Waals surface area (Å²) in [5, 5.41) is 8.07. The Morgan fingerprint density at radius 2 is 2.10 bits per heavy atom. The summed E-state index contributed by atoms with van der Waals surface area (Å²) >= 11 is 0. The van der Waals surface area contributed by atoms with Gasteiger partial charge in [0.05, 0.1) is 30.7 Å². The molecule has 0 fully saturated rings. The van der Waals surface area contributed by atoms with Crippen molar-refractivity contribution in [1.82, 2.24) is 25.0 Å². The number of aromatic nitrogens is 5. The molecular formula is C14H19N5O2. The molecule has 0 saturated heterocycles. The lowest BCUT2D eigenvalue weighted by atomic mass is 9.90. The van der Waals surface area contributed by atoms with Crippen LogP contribution in [0.25, 0.3) is 0 Å². The summed E-state index contributed by atoms with van der Waals surface area (Å²) in [5.74, 6) is -0.451. The maximum atomic E-state index is 12.0. The van der Waals surface area contributed by atoms with E-state index in [-0.39, 0.29) is 11.1 Å². The minimum atomic E-state index is -0.451. The lowest BCUT2D eigenvalue weighted by molar-refractivity contribution is 0.0516. The second kappa shape index (κ2) is 5.99. The Balaban J connectivity index is 2.40. The van der Waals surface area contributed by atoms with Crippen molar-refractivity contribution in [2.45, 2.75) is 39.7 Å². The molecule has 0 aliphatic carbocycles. The third-order valence-corrected chi connectivity index (χ3v) is 2.84. The van der Waals surface area contributed by atoms with E-state index in [1.807, 2.05) is 20.8 Å². The van der Waals surface area contributed by atoms with Gasteiger partial charge in [0.25, 0.3) is 0 Å². The molecule has 0 atom stereocenters. The molecule has 0 bridgehead atoms. The van der Waals surface area contributed by atoms with E-state index >= 15 is 0 Å². The Morgan fingerprint density at radius 1 is 1.33 bits per heavy atom. The van der Waals surface area contributed by atoms with E-state index in [0.29, 0.717) is 13.2 Å². The first kappa shape index (κ1) is 15.1. The van der Waals surface area contributed by atoms with Gasteiger partial charge in [-0.1, -0.05) is 26.0 Å². The highest BCUT2D eigenvalue weighted by Gasteiger charge is 2.30. The number of hydrogen-bond acceptors (Lipinski definition) is 6. The third kappa shape index (κ3) is 3.42. The van der Waals surface area contributed by atoms with E-state index in [0.717, 1.165) is 11.4 Å². The summed E-state index contributed by atoms with van der Waals surface area (Å²) in [7, 11) is 0. The molecule has 0 aliphatic rings. The number of carbonyl (C=O) groups is 1. The van der Waals surface area contributed by atoms with Crippen molar-refractivity contribution in [3.05, 3.63) is 35.7 Å². The molecule has 7 nitrogen and oxygen atoms in total. The van der Waals surface area contributed by atoms with Crippen LogP contribution < -0.4 is 0 Å². The summed E-state index contributed by atoms with van der Waals surface area (Å²) in [4.78, 5) is 20.3. The second-order valence-corrected chi connectivity index (χ2v) is 5.61. The monoisotopic (exact) mass is 289 g/mol. The fourth-order valence-electron chi connectivity index (χ4n) is 2.07. The Labute approximate surface area is 123 Å². The third-order valence-electron chi connectivity index (χ3n) is 2.84. The van der Waals surface area contributed by atoms with Crippen molar-refractivity contribution in [3.8, 4) is 0 Å². The van der Waals surface area contributed by atoms with Gasteiger partial charge in [0.15, 0.2) is 5.69 Å². The predicted molar refractivity (Wildman–Crippen MR) is 75.8 cm³/mol. The van der Waals surface area contributed by atoms with Gasteiger partial charge in [-0.25, -0.2) is 9.48 Å². The van der Waals surface area contributed by atoms with Crippen LogP contribution in [0.5, 0.6) is 0 Å². The summed E-state index contributed by atoms with van der Waals surface area (Å²) < 4.78 is 6.72. The Kier molecular flexibility index (Phi) is 4.30. The first-order valence-electron chi connectivity index (χ1n) is 6.79. The van der Waals surface area contributed by atoms with Crippen molar-refractivity contribution in [1.29, 1.82) is 0 Å². The maximum absolute atomic E-state index is 12.0. The zero-order chi connectivity index (χ0) is 15.5. The molecule has 2 aromatic heterocycles. The van der Waals surface area contributed by atoms with Crippen LogP contribution in [0.3, 0.4) is 0 Å². The van der Waals surface area contributed by atoms with Gasteiger partial charge < -0.3 is 4.74 Å². The van der Waals surface area contributed by atoms with Gasteiger partial charge in [0, 0.05) is 17.8 Å². The molecule has 0 N–H and O–H groups in total. The molecule has 0 spiro atoms. The molecule has 0 amide bonds. The fraction of sp³-hybridized carbons (Fsp3) is 0.500. The molecule has 0 aliphatic heterocycles. The zero-order valence-electron chi connectivity index (χ0n) is 12.7. The van der Waals surface area contributed by atoms with Gasteiger partial charge in [0.1, 0.15) is 0 Å². The molecule has 7 heteroatoms. The normalized spacial score (nSPS) is 11.4. The summed E-state index contributed by atoms with van der Waals surface area (Å²) in [5.41, 5.74) is 1.44. The average molecular weight is 289 g/mol. The number of esters is 1. The van der Waals surface area contributed by atoms with E-state index in [2.05, 4.69) is 20.3 Å². The van der Waals surface area contributed by atoms with E-state index in [1.54, 1.807) is 30.2 Å². The van der Waals surface area contributed by atoms with Crippen LogP contribution in [0.2, 0.25) is 0 Å². The van der Waals surface area contributed by atoms with Gasteiger partial charge in [-0.2, -0.15) is 0 Å². The topological polar surface area (TPSA) is 82.8 Å². The predicted octanol–water partition coefficient (Wildman–Crippen LogP) is 1.59. The molecule has 0 aromatic carbocycles. The molecule has 2 rings (SSSR count). The lowest BCUT2D eigenvalue weighted by Crippen LogP contribution is -2.23. The van der Waals surface area contributed by atoms with Crippen molar-refractivity contribution < 1.29 is 9.53 Å².